The molecule has 1 aromatic rings. The van der Waals surface area contributed by atoms with Crippen LogP contribution in [0.4, 0.5) is 0 Å². The van der Waals surface area contributed by atoms with Gasteiger partial charge < -0.3 is 10.8 Å². The van der Waals surface area contributed by atoms with E-state index in [0.29, 0.717) is 24.4 Å². The van der Waals surface area contributed by atoms with E-state index in [-0.39, 0.29) is 0 Å². The van der Waals surface area contributed by atoms with Crippen molar-refractivity contribution >= 4 is 17.6 Å². The van der Waals surface area contributed by atoms with Gasteiger partial charge in [-0.15, -0.1) is 0 Å². The van der Waals surface area contributed by atoms with Crippen LogP contribution in [0.15, 0.2) is 24.3 Å². The van der Waals surface area contributed by atoms with Crippen molar-refractivity contribution in [2.24, 2.45) is 11.7 Å². The molecule has 4 heteroatoms. The Balaban J connectivity index is 2.68. The highest BCUT2D eigenvalue weighted by atomic mass is 35.5. The number of halogens is 1. The first-order chi connectivity index (χ1) is 7.65. The van der Waals surface area contributed by atoms with Crippen LogP contribution < -0.4 is 5.73 Å². The summed E-state index contributed by atoms with van der Waals surface area (Å²) in [6, 6.07) is 7.34. The van der Waals surface area contributed by atoms with Gasteiger partial charge in [-0.1, -0.05) is 29.8 Å². The van der Waals surface area contributed by atoms with Crippen LogP contribution in [-0.4, -0.2) is 17.6 Å². The molecule has 0 aliphatic carbocycles. The standard InChI is InChI=1S/C12H16ClNO2/c13-11-6-2-1-4-9(11)8-10(12(15)16)5-3-7-14/h1-2,4,6,10H,3,5,7-8,14H2,(H,15,16). The third kappa shape index (κ3) is 3.83. The summed E-state index contributed by atoms with van der Waals surface area (Å²) in [5.41, 5.74) is 6.26. The van der Waals surface area contributed by atoms with Gasteiger partial charge in [0.05, 0.1) is 5.92 Å². The highest BCUT2D eigenvalue weighted by molar-refractivity contribution is 6.31. The van der Waals surface area contributed by atoms with Gasteiger partial charge in [0, 0.05) is 5.02 Å². The number of carboxylic acid groups (broad SMARTS) is 1. The largest absolute Gasteiger partial charge is 0.481 e. The third-order valence-corrected chi connectivity index (χ3v) is 2.90. The second kappa shape index (κ2) is 6.51. The Morgan fingerprint density at radius 3 is 2.69 bits per heavy atom. The highest BCUT2D eigenvalue weighted by Crippen LogP contribution is 2.21. The van der Waals surface area contributed by atoms with Crippen molar-refractivity contribution in [2.45, 2.75) is 19.3 Å². The van der Waals surface area contributed by atoms with Gasteiger partial charge in [-0.25, -0.2) is 0 Å². The molecule has 3 N–H and O–H groups in total. The van der Waals surface area contributed by atoms with E-state index in [2.05, 4.69) is 0 Å². The molecule has 0 saturated carbocycles. The zero-order valence-corrected chi connectivity index (χ0v) is 9.78. The molecule has 0 saturated heterocycles. The summed E-state index contributed by atoms with van der Waals surface area (Å²) in [4.78, 5) is 11.0. The number of nitrogens with two attached hydrogens (primary N) is 1. The first kappa shape index (κ1) is 13.0. The minimum atomic E-state index is -0.784. The lowest BCUT2D eigenvalue weighted by Gasteiger charge is -2.12. The van der Waals surface area contributed by atoms with Gasteiger partial charge in [-0.05, 0) is 37.4 Å². The second-order valence-corrected chi connectivity index (χ2v) is 4.17. The molecule has 3 nitrogen and oxygen atoms in total. The fourth-order valence-electron chi connectivity index (χ4n) is 1.61. The number of benzene rings is 1. The average Bonchev–Trinajstić information content (AvgIpc) is 2.26. The van der Waals surface area contributed by atoms with Crippen molar-refractivity contribution in [1.82, 2.24) is 0 Å². The summed E-state index contributed by atoms with van der Waals surface area (Å²) in [6.07, 6.45) is 1.79. The van der Waals surface area contributed by atoms with Gasteiger partial charge in [0.15, 0.2) is 0 Å². The summed E-state index contributed by atoms with van der Waals surface area (Å²) in [7, 11) is 0. The molecular weight excluding hydrogens is 226 g/mol. The minimum Gasteiger partial charge on any atom is -0.481 e. The number of hydrogen-bond acceptors (Lipinski definition) is 2. The molecule has 0 heterocycles. The van der Waals surface area contributed by atoms with Crippen molar-refractivity contribution in [3.05, 3.63) is 34.9 Å². The minimum absolute atomic E-state index is 0.400. The molecule has 0 aromatic heterocycles. The van der Waals surface area contributed by atoms with Crippen LogP contribution in [0.1, 0.15) is 18.4 Å². The first-order valence-corrected chi connectivity index (χ1v) is 5.69. The fourth-order valence-corrected chi connectivity index (χ4v) is 1.82. The zero-order valence-electron chi connectivity index (χ0n) is 9.03. The number of carbonyl (C=O) groups is 1. The quantitative estimate of drug-likeness (QED) is 0.804. The first-order valence-electron chi connectivity index (χ1n) is 5.31. The van der Waals surface area contributed by atoms with Crippen LogP contribution in [0.2, 0.25) is 5.02 Å². The maximum Gasteiger partial charge on any atom is 0.306 e. The SMILES string of the molecule is NCCCC(Cc1ccccc1Cl)C(=O)O. The normalized spacial score (nSPS) is 12.4. The van der Waals surface area contributed by atoms with Crippen molar-refractivity contribution in [1.29, 1.82) is 0 Å². The van der Waals surface area contributed by atoms with Crippen molar-refractivity contribution in [2.75, 3.05) is 6.54 Å². The Hall–Kier alpha value is -1.06. The average molecular weight is 242 g/mol. The molecule has 0 amide bonds. The summed E-state index contributed by atoms with van der Waals surface area (Å²) in [6.45, 7) is 0.520. The molecule has 0 spiro atoms. The van der Waals surface area contributed by atoms with E-state index in [0.717, 1.165) is 12.0 Å². The molecule has 16 heavy (non-hydrogen) atoms. The molecule has 0 bridgehead atoms. The molecule has 1 unspecified atom stereocenters. The van der Waals surface area contributed by atoms with E-state index in [4.69, 9.17) is 22.4 Å². The summed E-state index contributed by atoms with van der Waals surface area (Å²) < 4.78 is 0. The predicted octanol–water partition coefficient (Wildman–Crippen LogP) is 2.32. The zero-order chi connectivity index (χ0) is 12.0. The van der Waals surface area contributed by atoms with Gasteiger partial charge in [0.1, 0.15) is 0 Å². The smallest absolute Gasteiger partial charge is 0.306 e. The van der Waals surface area contributed by atoms with Crippen molar-refractivity contribution < 1.29 is 9.90 Å². The molecule has 88 valence electrons. The number of aliphatic carboxylic acids is 1. The number of hydrogen-bond donors (Lipinski definition) is 2. The Kier molecular flexibility index (Phi) is 5.29. The van der Waals surface area contributed by atoms with Gasteiger partial charge in [-0.3, -0.25) is 4.79 Å². The van der Waals surface area contributed by atoms with E-state index in [9.17, 15) is 4.79 Å². The second-order valence-electron chi connectivity index (χ2n) is 3.76. The highest BCUT2D eigenvalue weighted by Gasteiger charge is 2.18. The van der Waals surface area contributed by atoms with Gasteiger partial charge >= 0.3 is 5.97 Å². The third-order valence-electron chi connectivity index (χ3n) is 2.53. The monoisotopic (exact) mass is 241 g/mol. The number of carboxylic acids is 1. The van der Waals surface area contributed by atoms with E-state index in [1.165, 1.54) is 0 Å². The van der Waals surface area contributed by atoms with Crippen LogP contribution in [-0.2, 0) is 11.2 Å². The Labute approximate surface area is 100 Å². The van der Waals surface area contributed by atoms with E-state index in [1.54, 1.807) is 6.07 Å². The Morgan fingerprint density at radius 2 is 2.12 bits per heavy atom. The Morgan fingerprint density at radius 1 is 1.44 bits per heavy atom. The van der Waals surface area contributed by atoms with Crippen LogP contribution >= 0.6 is 11.6 Å². The molecule has 1 rings (SSSR count). The lowest BCUT2D eigenvalue weighted by molar-refractivity contribution is -0.141. The Bertz CT molecular complexity index is 355. The van der Waals surface area contributed by atoms with Crippen molar-refractivity contribution in [3.8, 4) is 0 Å². The van der Waals surface area contributed by atoms with Crippen LogP contribution in [0.5, 0.6) is 0 Å². The van der Waals surface area contributed by atoms with Crippen LogP contribution in [0.25, 0.3) is 0 Å². The lowest BCUT2D eigenvalue weighted by Crippen LogP contribution is -2.18. The van der Waals surface area contributed by atoms with Gasteiger partial charge in [0.25, 0.3) is 0 Å². The topological polar surface area (TPSA) is 63.3 Å². The van der Waals surface area contributed by atoms with E-state index in [1.807, 2.05) is 18.2 Å². The summed E-state index contributed by atoms with van der Waals surface area (Å²) in [5.74, 6) is -1.18. The van der Waals surface area contributed by atoms with Gasteiger partial charge in [-0.2, -0.15) is 0 Å². The number of rotatable bonds is 6. The molecule has 0 aliphatic rings. The van der Waals surface area contributed by atoms with Crippen molar-refractivity contribution in [3.63, 3.8) is 0 Å². The van der Waals surface area contributed by atoms with Crippen LogP contribution in [0.3, 0.4) is 0 Å². The van der Waals surface area contributed by atoms with E-state index < -0.39 is 11.9 Å². The predicted molar refractivity (Wildman–Crippen MR) is 64.6 cm³/mol. The molecule has 1 aromatic carbocycles. The lowest BCUT2D eigenvalue weighted by atomic mass is 9.95. The maximum absolute atomic E-state index is 11.0. The molecule has 1 atom stereocenters. The van der Waals surface area contributed by atoms with Gasteiger partial charge in [0.2, 0.25) is 0 Å². The molecule has 0 fully saturated rings. The van der Waals surface area contributed by atoms with E-state index >= 15 is 0 Å². The maximum atomic E-state index is 11.0. The fraction of sp³-hybridized carbons (Fsp3) is 0.417. The molecular formula is C12H16ClNO2. The summed E-state index contributed by atoms with van der Waals surface area (Å²) in [5, 5.41) is 9.69. The van der Waals surface area contributed by atoms with Crippen LogP contribution in [0, 0.1) is 5.92 Å². The summed E-state index contributed by atoms with van der Waals surface area (Å²) >= 11 is 5.99. The molecule has 0 aliphatic heterocycles. The molecule has 0 radical (unpaired) electrons.